The quantitative estimate of drug-likeness (QED) is 0.857. The Morgan fingerprint density at radius 1 is 1.26 bits per heavy atom. The van der Waals surface area contributed by atoms with Gasteiger partial charge >= 0.3 is 0 Å². The van der Waals surface area contributed by atoms with Gasteiger partial charge in [-0.3, -0.25) is 9.59 Å². The molecule has 122 valence electrons. The molecule has 3 aliphatic rings. The monoisotopic (exact) mass is 316 g/mol. The first-order valence-corrected chi connectivity index (χ1v) is 8.40. The van der Waals surface area contributed by atoms with Crippen LogP contribution in [0.15, 0.2) is 24.3 Å². The van der Waals surface area contributed by atoms with E-state index in [1.165, 1.54) is 12.1 Å². The molecule has 1 aromatic carbocycles. The molecule has 1 unspecified atom stereocenters. The second-order valence-corrected chi connectivity index (χ2v) is 7.17. The molecule has 2 saturated heterocycles. The second kappa shape index (κ2) is 5.32. The van der Waals surface area contributed by atoms with Crippen molar-refractivity contribution < 1.29 is 14.0 Å². The normalized spacial score (nSPS) is 27.3. The van der Waals surface area contributed by atoms with Gasteiger partial charge in [-0.1, -0.05) is 12.1 Å². The van der Waals surface area contributed by atoms with Crippen molar-refractivity contribution in [1.82, 2.24) is 9.80 Å². The van der Waals surface area contributed by atoms with Crippen molar-refractivity contribution in [2.45, 2.75) is 32.2 Å². The van der Waals surface area contributed by atoms with E-state index in [0.717, 1.165) is 31.2 Å². The van der Waals surface area contributed by atoms with Gasteiger partial charge < -0.3 is 9.80 Å². The Morgan fingerprint density at radius 2 is 2.04 bits per heavy atom. The van der Waals surface area contributed by atoms with Crippen LogP contribution in [0.5, 0.6) is 0 Å². The highest BCUT2D eigenvalue weighted by Crippen LogP contribution is 2.43. The van der Waals surface area contributed by atoms with Crippen LogP contribution >= 0.6 is 0 Å². The van der Waals surface area contributed by atoms with Crippen LogP contribution in [0.1, 0.15) is 31.2 Å². The predicted octanol–water partition coefficient (Wildman–Crippen LogP) is 2.19. The zero-order valence-corrected chi connectivity index (χ0v) is 13.1. The van der Waals surface area contributed by atoms with Gasteiger partial charge in [0.2, 0.25) is 11.8 Å². The maximum absolute atomic E-state index is 13.3. The Labute approximate surface area is 135 Å². The van der Waals surface area contributed by atoms with Crippen molar-refractivity contribution in [3.05, 3.63) is 35.6 Å². The topological polar surface area (TPSA) is 40.6 Å². The van der Waals surface area contributed by atoms with E-state index in [-0.39, 0.29) is 23.5 Å². The lowest BCUT2D eigenvalue weighted by atomic mass is 9.85. The molecule has 0 radical (unpaired) electrons. The molecule has 3 fully saturated rings. The number of hydrogen-bond acceptors (Lipinski definition) is 2. The van der Waals surface area contributed by atoms with E-state index in [1.807, 2.05) is 15.9 Å². The van der Waals surface area contributed by atoms with Crippen LogP contribution in [0.4, 0.5) is 4.39 Å². The highest BCUT2D eigenvalue weighted by Gasteiger charge is 2.52. The van der Waals surface area contributed by atoms with E-state index in [2.05, 4.69) is 0 Å². The summed E-state index contributed by atoms with van der Waals surface area (Å²) >= 11 is 0. The Bertz CT molecular complexity index is 658. The molecular formula is C18H21FN2O2. The van der Waals surface area contributed by atoms with E-state index in [4.69, 9.17) is 0 Å². The molecule has 0 bridgehead atoms. The molecule has 1 saturated carbocycles. The fourth-order valence-electron chi connectivity index (χ4n) is 3.93. The molecule has 1 aromatic rings. The average Bonchev–Trinajstić information content (AvgIpc) is 3.24. The number of carbonyl (C=O) groups excluding carboxylic acids is 2. The molecule has 0 N–H and O–H groups in total. The Hall–Kier alpha value is -1.91. The standard InChI is InChI=1S/C18H21FN2O2/c19-15-3-1-2-13(10-15)11-20-8-6-18(17(20)23)7-9-21(12-18)16(22)14-4-5-14/h1-3,10,14H,4-9,11-12H2. The van der Waals surface area contributed by atoms with Crippen molar-refractivity contribution in [2.24, 2.45) is 11.3 Å². The molecule has 4 nitrogen and oxygen atoms in total. The molecule has 2 amide bonds. The van der Waals surface area contributed by atoms with Crippen molar-refractivity contribution in [3.8, 4) is 0 Å². The van der Waals surface area contributed by atoms with Crippen LogP contribution in [0, 0.1) is 17.2 Å². The fourth-order valence-corrected chi connectivity index (χ4v) is 3.93. The summed E-state index contributed by atoms with van der Waals surface area (Å²) in [5, 5.41) is 0. The highest BCUT2D eigenvalue weighted by molar-refractivity contribution is 5.88. The molecule has 4 rings (SSSR count). The molecule has 1 aliphatic carbocycles. The van der Waals surface area contributed by atoms with E-state index in [1.54, 1.807) is 6.07 Å². The van der Waals surface area contributed by atoms with Gasteiger partial charge in [-0.05, 0) is 43.4 Å². The molecular weight excluding hydrogens is 295 g/mol. The van der Waals surface area contributed by atoms with Gasteiger partial charge in [0.1, 0.15) is 5.82 Å². The summed E-state index contributed by atoms with van der Waals surface area (Å²) in [6, 6.07) is 6.41. The summed E-state index contributed by atoms with van der Waals surface area (Å²) in [6.45, 7) is 2.42. The Kier molecular flexibility index (Phi) is 3.39. The molecule has 1 spiro atoms. The molecule has 0 aromatic heterocycles. The van der Waals surface area contributed by atoms with Crippen LogP contribution in [-0.4, -0.2) is 41.2 Å². The minimum absolute atomic E-state index is 0.132. The fraction of sp³-hybridized carbons (Fsp3) is 0.556. The summed E-state index contributed by atoms with van der Waals surface area (Å²) < 4.78 is 13.3. The molecule has 2 aliphatic heterocycles. The van der Waals surface area contributed by atoms with Crippen molar-refractivity contribution in [3.63, 3.8) is 0 Å². The first-order chi connectivity index (χ1) is 11.1. The minimum atomic E-state index is -0.391. The summed E-state index contributed by atoms with van der Waals surface area (Å²) in [4.78, 5) is 28.8. The number of rotatable bonds is 3. The van der Waals surface area contributed by atoms with Gasteiger partial charge in [-0.25, -0.2) is 4.39 Å². The van der Waals surface area contributed by atoms with Crippen molar-refractivity contribution in [2.75, 3.05) is 19.6 Å². The predicted molar refractivity (Wildman–Crippen MR) is 82.8 cm³/mol. The lowest BCUT2D eigenvalue weighted by molar-refractivity contribution is -0.137. The highest BCUT2D eigenvalue weighted by atomic mass is 19.1. The van der Waals surface area contributed by atoms with Gasteiger partial charge in [0.15, 0.2) is 0 Å². The van der Waals surface area contributed by atoms with Crippen molar-refractivity contribution >= 4 is 11.8 Å². The van der Waals surface area contributed by atoms with Crippen LogP contribution in [0.25, 0.3) is 0 Å². The second-order valence-electron chi connectivity index (χ2n) is 7.17. The van der Waals surface area contributed by atoms with E-state index < -0.39 is 5.41 Å². The Balaban J connectivity index is 1.44. The summed E-state index contributed by atoms with van der Waals surface area (Å²) in [5.74, 6) is 0.307. The SMILES string of the molecule is O=C(C1CC1)N1CCC2(CCN(Cc3cccc(F)c3)C2=O)C1. The van der Waals surface area contributed by atoms with E-state index in [0.29, 0.717) is 26.2 Å². The number of halogens is 1. The van der Waals surface area contributed by atoms with Gasteiger partial charge in [0, 0.05) is 32.1 Å². The van der Waals surface area contributed by atoms with E-state index in [9.17, 15) is 14.0 Å². The zero-order chi connectivity index (χ0) is 16.0. The minimum Gasteiger partial charge on any atom is -0.341 e. The number of carbonyl (C=O) groups is 2. The molecule has 5 heteroatoms. The molecule has 1 atom stereocenters. The third-order valence-electron chi connectivity index (χ3n) is 5.46. The van der Waals surface area contributed by atoms with Crippen LogP contribution in [0.2, 0.25) is 0 Å². The van der Waals surface area contributed by atoms with E-state index >= 15 is 0 Å². The third kappa shape index (κ3) is 2.62. The lowest BCUT2D eigenvalue weighted by Gasteiger charge is -2.24. The maximum Gasteiger partial charge on any atom is 0.231 e. The summed E-state index contributed by atoms with van der Waals surface area (Å²) in [6.07, 6.45) is 3.57. The first-order valence-electron chi connectivity index (χ1n) is 8.40. The van der Waals surface area contributed by atoms with Crippen LogP contribution in [-0.2, 0) is 16.1 Å². The smallest absolute Gasteiger partial charge is 0.231 e. The number of likely N-dealkylation sites (tertiary alicyclic amines) is 2. The zero-order valence-electron chi connectivity index (χ0n) is 13.1. The van der Waals surface area contributed by atoms with Gasteiger partial charge in [0.05, 0.1) is 5.41 Å². The maximum atomic E-state index is 13.3. The number of benzene rings is 1. The van der Waals surface area contributed by atoms with Gasteiger partial charge in [-0.15, -0.1) is 0 Å². The van der Waals surface area contributed by atoms with Gasteiger partial charge in [-0.2, -0.15) is 0 Å². The third-order valence-corrected chi connectivity index (χ3v) is 5.46. The largest absolute Gasteiger partial charge is 0.341 e. The Morgan fingerprint density at radius 3 is 2.78 bits per heavy atom. The van der Waals surface area contributed by atoms with Gasteiger partial charge in [0.25, 0.3) is 0 Å². The van der Waals surface area contributed by atoms with Crippen molar-refractivity contribution in [1.29, 1.82) is 0 Å². The number of nitrogens with zero attached hydrogens (tertiary/aromatic N) is 2. The first kappa shape index (κ1) is 14.7. The summed E-state index contributed by atoms with van der Waals surface area (Å²) in [5.41, 5.74) is 0.428. The average molecular weight is 316 g/mol. The molecule has 23 heavy (non-hydrogen) atoms. The number of amides is 2. The van der Waals surface area contributed by atoms with Crippen LogP contribution in [0.3, 0.4) is 0 Å². The molecule has 2 heterocycles. The lowest BCUT2D eigenvalue weighted by Crippen LogP contribution is -2.38. The van der Waals surface area contributed by atoms with Crippen LogP contribution < -0.4 is 0 Å². The number of hydrogen-bond donors (Lipinski definition) is 0. The summed E-state index contributed by atoms with van der Waals surface area (Å²) in [7, 11) is 0.